The number of rotatable bonds is 6. The van der Waals surface area contributed by atoms with Gasteiger partial charge in [0.15, 0.2) is 5.65 Å². The molecular weight excluding hydrogens is 437 g/mol. The number of hydrogen-bond acceptors (Lipinski definition) is 4. The minimum atomic E-state index is -0.194. The van der Waals surface area contributed by atoms with Crippen molar-refractivity contribution in [1.29, 1.82) is 0 Å². The Morgan fingerprint density at radius 2 is 1.73 bits per heavy atom. The highest BCUT2D eigenvalue weighted by atomic mass is 35.5. The molecule has 0 atom stereocenters. The van der Waals surface area contributed by atoms with E-state index in [9.17, 15) is 4.39 Å². The maximum Gasteiger partial charge on any atom is 0.164 e. The molecule has 0 unspecified atom stereocenters. The first kappa shape index (κ1) is 22.0. The van der Waals surface area contributed by atoms with E-state index >= 15 is 0 Å². The molecule has 0 amide bonds. The van der Waals surface area contributed by atoms with Crippen molar-refractivity contribution < 1.29 is 4.39 Å². The molecular formula is C26H27ClFN5. The first-order valence-corrected chi connectivity index (χ1v) is 11.9. The second-order valence-electron chi connectivity index (χ2n) is 8.89. The van der Waals surface area contributed by atoms with Gasteiger partial charge in [0.1, 0.15) is 23.0 Å². The molecule has 2 heterocycles. The van der Waals surface area contributed by atoms with Gasteiger partial charge in [-0.25, -0.2) is 19.3 Å². The number of halogens is 2. The lowest BCUT2D eigenvalue weighted by Gasteiger charge is -2.27. The summed E-state index contributed by atoms with van der Waals surface area (Å²) in [6.45, 7) is 0.813. The molecule has 170 valence electrons. The van der Waals surface area contributed by atoms with Crippen LogP contribution in [0.2, 0.25) is 5.02 Å². The molecule has 1 aliphatic carbocycles. The van der Waals surface area contributed by atoms with E-state index in [0.717, 1.165) is 54.8 Å². The number of hydrogen-bond donors (Lipinski definition) is 1. The predicted octanol–water partition coefficient (Wildman–Crippen LogP) is 5.59. The number of fused-ring (bicyclic) bond motifs is 1. The fraction of sp³-hybridized carbons (Fsp3) is 0.346. The Balaban J connectivity index is 1.51. The molecule has 1 fully saturated rings. The highest BCUT2D eigenvalue weighted by Crippen LogP contribution is 2.32. The standard InChI is InChI=1S/C26H27ClFN5/c27-21-7-3-2-6-20(21)25-31-23-15-30-24(14-11-18-5-1-4-8-22(18)28)32-26(23)33(25)16-17-9-12-19(29)13-10-17/h1-8,15,17,19H,9-14,16,29H2. The molecule has 0 spiro atoms. The van der Waals surface area contributed by atoms with Crippen LogP contribution in [0.3, 0.4) is 0 Å². The number of imidazole rings is 1. The van der Waals surface area contributed by atoms with E-state index in [4.69, 9.17) is 27.3 Å². The Hall–Kier alpha value is -2.83. The van der Waals surface area contributed by atoms with Crippen LogP contribution in [0.5, 0.6) is 0 Å². The molecule has 5 nitrogen and oxygen atoms in total. The first-order valence-electron chi connectivity index (χ1n) is 11.5. The van der Waals surface area contributed by atoms with Crippen LogP contribution in [0.15, 0.2) is 54.7 Å². The van der Waals surface area contributed by atoms with Crippen LogP contribution < -0.4 is 5.73 Å². The van der Waals surface area contributed by atoms with Gasteiger partial charge >= 0.3 is 0 Å². The monoisotopic (exact) mass is 463 g/mol. The summed E-state index contributed by atoms with van der Waals surface area (Å²) in [7, 11) is 0. The van der Waals surface area contributed by atoms with Crippen LogP contribution in [-0.4, -0.2) is 25.6 Å². The number of aryl methyl sites for hydroxylation is 2. The molecule has 7 heteroatoms. The third-order valence-electron chi connectivity index (χ3n) is 6.56. The van der Waals surface area contributed by atoms with E-state index in [1.54, 1.807) is 18.3 Å². The molecule has 5 rings (SSSR count). The number of benzene rings is 2. The Labute approximate surface area is 197 Å². The highest BCUT2D eigenvalue weighted by molar-refractivity contribution is 6.33. The van der Waals surface area contributed by atoms with Gasteiger partial charge < -0.3 is 10.3 Å². The van der Waals surface area contributed by atoms with Crippen LogP contribution in [-0.2, 0) is 19.4 Å². The Bertz CT molecular complexity index is 1260. The first-order chi connectivity index (χ1) is 16.1. The SMILES string of the molecule is NC1CCC(Cn2c(-c3ccccc3Cl)nc3cnc(CCc4ccccc4F)nc32)CC1. The minimum Gasteiger partial charge on any atom is -0.328 e. The molecule has 0 radical (unpaired) electrons. The summed E-state index contributed by atoms with van der Waals surface area (Å²) >= 11 is 6.54. The minimum absolute atomic E-state index is 0.194. The summed E-state index contributed by atoms with van der Waals surface area (Å²) in [6, 6.07) is 14.9. The quantitative estimate of drug-likeness (QED) is 0.404. The van der Waals surface area contributed by atoms with Gasteiger partial charge in [-0.2, -0.15) is 0 Å². The van der Waals surface area contributed by atoms with Gasteiger partial charge in [-0.3, -0.25) is 0 Å². The van der Waals surface area contributed by atoms with Gasteiger partial charge in [0.25, 0.3) is 0 Å². The Morgan fingerprint density at radius 3 is 2.52 bits per heavy atom. The third-order valence-corrected chi connectivity index (χ3v) is 6.89. The molecule has 4 aromatic rings. The van der Waals surface area contributed by atoms with Gasteiger partial charge in [0, 0.05) is 24.6 Å². The second kappa shape index (κ2) is 9.57. The fourth-order valence-electron chi connectivity index (χ4n) is 4.67. The van der Waals surface area contributed by atoms with Crippen molar-refractivity contribution in [3.63, 3.8) is 0 Å². The number of nitrogens with zero attached hydrogens (tertiary/aromatic N) is 4. The molecule has 2 aromatic heterocycles. The largest absolute Gasteiger partial charge is 0.328 e. The van der Waals surface area contributed by atoms with Gasteiger partial charge in [-0.05, 0) is 61.8 Å². The van der Waals surface area contributed by atoms with Crippen LogP contribution >= 0.6 is 11.6 Å². The van der Waals surface area contributed by atoms with Crippen molar-refractivity contribution in [3.05, 3.63) is 77.0 Å². The van der Waals surface area contributed by atoms with Crippen LogP contribution in [0.25, 0.3) is 22.6 Å². The van der Waals surface area contributed by atoms with Gasteiger partial charge in [0.2, 0.25) is 0 Å². The zero-order chi connectivity index (χ0) is 22.8. The molecule has 0 saturated heterocycles. The summed E-state index contributed by atoms with van der Waals surface area (Å²) in [4.78, 5) is 14.3. The van der Waals surface area contributed by atoms with Gasteiger partial charge in [0.05, 0.1) is 11.2 Å². The van der Waals surface area contributed by atoms with E-state index in [-0.39, 0.29) is 5.82 Å². The smallest absolute Gasteiger partial charge is 0.164 e. The lowest BCUT2D eigenvalue weighted by molar-refractivity contribution is 0.297. The van der Waals surface area contributed by atoms with Crippen molar-refractivity contribution >= 4 is 22.8 Å². The van der Waals surface area contributed by atoms with Crippen LogP contribution in [0, 0.1) is 11.7 Å². The maximum absolute atomic E-state index is 14.0. The average molecular weight is 464 g/mol. The fourth-order valence-corrected chi connectivity index (χ4v) is 4.89. The van der Waals surface area contributed by atoms with Crippen molar-refractivity contribution in [1.82, 2.24) is 19.5 Å². The highest BCUT2D eigenvalue weighted by Gasteiger charge is 2.23. The van der Waals surface area contributed by atoms with Crippen molar-refractivity contribution in [2.24, 2.45) is 11.7 Å². The summed E-state index contributed by atoms with van der Waals surface area (Å²) in [5.74, 6) is 1.81. The molecule has 33 heavy (non-hydrogen) atoms. The molecule has 2 N–H and O–H groups in total. The molecule has 1 aliphatic rings. The molecule has 1 saturated carbocycles. The van der Waals surface area contributed by atoms with Crippen molar-refractivity contribution in [2.45, 2.75) is 51.1 Å². The Morgan fingerprint density at radius 1 is 0.970 bits per heavy atom. The van der Waals surface area contributed by atoms with Crippen molar-refractivity contribution in [3.8, 4) is 11.4 Å². The summed E-state index contributed by atoms with van der Waals surface area (Å²) in [5.41, 5.74) is 9.23. The van der Waals surface area contributed by atoms with Crippen molar-refractivity contribution in [2.75, 3.05) is 0 Å². The zero-order valence-corrected chi connectivity index (χ0v) is 19.2. The third kappa shape index (κ3) is 4.77. The van der Waals surface area contributed by atoms with Crippen LogP contribution in [0.4, 0.5) is 4.39 Å². The lowest BCUT2D eigenvalue weighted by Crippen LogP contribution is -2.28. The summed E-state index contributed by atoms with van der Waals surface area (Å²) < 4.78 is 16.2. The van der Waals surface area contributed by atoms with Gasteiger partial charge in [-0.1, -0.05) is 41.9 Å². The summed E-state index contributed by atoms with van der Waals surface area (Å²) in [5, 5.41) is 0.660. The molecule has 2 aromatic carbocycles. The number of aromatic nitrogens is 4. The maximum atomic E-state index is 14.0. The Kier molecular flexibility index (Phi) is 6.38. The summed E-state index contributed by atoms with van der Waals surface area (Å²) in [6.07, 6.45) is 7.14. The van der Waals surface area contributed by atoms with E-state index in [1.165, 1.54) is 6.07 Å². The van der Waals surface area contributed by atoms with E-state index in [2.05, 4.69) is 9.55 Å². The second-order valence-corrected chi connectivity index (χ2v) is 9.30. The van der Waals surface area contributed by atoms with E-state index < -0.39 is 0 Å². The lowest BCUT2D eigenvalue weighted by atomic mass is 9.86. The zero-order valence-electron chi connectivity index (χ0n) is 18.4. The van der Waals surface area contributed by atoms with E-state index in [0.29, 0.717) is 41.2 Å². The molecule has 0 bridgehead atoms. The normalized spacial score (nSPS) is 18.6. The predicted molar refractivity (Wildman–Crippen MR) is 130 cm³/mol. The van der Waals surface area contributed by atoms with Gasteiger partial charge in [-0.15, -0.1) is 0 Å². The molecule has 0 aliphatic heterocycles. The van der Waals surface area contributed by atoms with E-state index in [1.807, 2.05) is 30.3 Å². The average Bonchev–Trinajstić information content (AvgIpc) is 3.17. The topological polar surface area (TPSA) is 69.6 Å². The number of nitrogens with two attached hydrogens (primary N) is 1. The van der Waals surface area contributed by atoms with Crippen LogP contribution in [0.1, 0.15) is 37.1 Å².